The zero-order chi connectivity index (χ0) is 18.1. The molecule has 0 unspecified atom stereocenters. The van der Waals surface area contributed by atoms with Gasteiger partial charge in [0, 0.05) is 42.7 Å². The van der Waals surface area contributed by atoms with Crippen LogP contribution in [0, 0.1) is 0 Å². The van der Waals surface area contributed by atoms with E-state index in [-0.39, 0.29) is 0 Å². The van der Waals surface area contributed by atoms with Crippen molar-refractivity contribution in [3.63, 3.8) is 0 Å². The molecule has 1 fully saturated rings. The number of nitrogens with zero attached hydrogens (tertiary/aromatic N) is 5. The van der Waals surface area contributed by atoms with Gasteiger partial charge in [-0.1, -0.05) is 30.3 Å². The van der Waals surface area contributed by atoms with Crippen LogP contribution >= 0.6 is 11.3 Å². The number of piperidine rings is 1. The first-order valence-electron chi connectivity index (χ1n) is 9.74. The van der Waals surface area contributed by atoms with Crippen molar-refractivity contribution >= 4 is 23.1 Å². The van der Waals surface area contributed by atoms with Gasteiger partial charge in [0.05, 0.1) is 12.2 Å². The smallest absolute Gasteiger partial charge is 0.227 e. The van der Waals surface area contributed by atoms with E-state index in [9.17, 15) is 0 Å². The lowest BCUT2D eigenvalue weighted by Gasteiger charge is -2.30. The fourth-order valence-corrected chi connectivity index (χ4v) is 4.99. The van der Waals surface area contributed by atoms with Gasteiger partial charge in [-0.05, 0) is 25.3 Å². The second-order valence-corrected chi connectivity index (χ2v) is 8.27. The highest BCUT2D eigenvalue weighted by atomic mass is 32.1. The molecule has 0 N–H and O–H groups in total. The summed E-state index contributed by atoms with van der Waals surface area (Å²) in [6.45, 7) is 3.99. The van der Waals surface area contributed by atoms with Crippen molar-refractivity contribution in [3.8, 4) is 10.6 Å². The van der Waals surface area contributed by atoms with Crippen molar-refractivity contribution in [2.24, 2.45) is 0 Å². The minimum atomic E-state index is 0.882. The van der Waals surface area contributed by atoms with Crippen molar-refractivity contribution in [1.29, 1.82) is 0 Å². The predicted octanol–water partition coefficient (Wildman–Crippen LogP) is 4.15. The van der Waals surface area contributed by atoms with E-state index in [1.54, 1.807) is 0 Å². The quantitative estimate of drug-likeness (QED) is 0.686. The van der Waals surface area contributed by atoms with Crippen molar-refractivity contribution in [3.05, 3.63) is 53.2 Å². The highest BCUT2D eigenvalue weighted by Gasteiger charge is 2.23. The zero-order valence-electron chi connectivity index (χ0n) is 15.3. The summed E-state index contributed by atoms with van der Waals surface area (Å²) < 4.78 is 0. The van der Waals surface area contributed by atoms with Crippen LogP contribution in [0.5, 0.6) is 0 Å². The van der Waals surface area contributed by atoms with Crippen LogP contribution in [0.1, 0.15) is 29.8 Å². The number of rotatable bonds is 3. The van der Waals surface area contributed by atoms with E-state index in [2.05, 4.69) is 39.0 Å². The van der Waals surface area contributed by atoms with Crippen molar-refractivity contribution in [2.45, 2.75) is 32.2 Å². The minimum Gasteiger partial charge on any atom is -0.351 e. The maximum absolute atomic E-state index is 4.89. The highest BCUT2D eigenvalue weighted by Crippen LogP contribution is 2.33. The third kappa shape index (κ3) is 3.41. The van der Waals surface area contributed by atoms with Gasteiger partial charge in [-0.25, -0.2) is 9.97 Å². The molecule has 4 heterocycles. The molecule has 3 aromatic rings. The molecule has 2 aliphatic rings. The molecule has 2 aromatic heterocycles. The fraction of sp³-hybridized carbons (Fsp3) is 0.381. The zero-order valence-corrected chi connectivity index (χ0v) is 16.2. The number of benzene rings is 1. The van der Waals surface area contributed by atoms with Crippen LogP contribution in [0.3, 0.4) is 0 Å². The van der Waals surface area contributed by atoms with Crippen molar-refractivity contribution in [2.75, 3.05) is 29.4 Å². The van der Waals surface area contributed by atoms with Gasteiger partial charge in [0.15, 0.2) is 0 Å². The summed E-state index contributed by atoms with van der Waals surface area (Å²) in [5.41, 5.74) is 2.46. The van der Waals surface area contributed by atoms with E-state index in [1.807, 2.05) is 29.7 Å². The Balaban J connectivity index is 1.37. The van der Waals surface area contributed by atoms with Gasteiger partial charge in [0.1, 0.15) is 10.8 Å². The number of hydrogen-bond donors (Lipinski definition) is 0. The molecular weight excluding hydrogens is 354 g/mol. The Kier molecular flexibility index (Phi) is 4.49. The summed E-state index contributed by atoms with van der Waals surface area (Å²) in [5.74, 6) is 1.91. The first kappa shape index (κ1) is 16.7. The van der Waals surface area contributed by atoms with Gasteiger partial charge in [-0.3, -0.25) is 0 Å². The summed E-state index contributed by atoms with van der Waals surface area (Å²) in [6, 6.07) is 12.5. The summed E-state index contributed by atoms with van der Waals surface area (Å²) in [4.78, 5) is 20.3. The van der Waals surface area contributed by atoms with E-state index in [0.29, 0.717) is 0 Å². The SMILES string of the molecule is c1ccc(-c2nc3c(s2)CN(c2ccnc(N4CCCCC4)n2)CC3)cc1. The Morgan fingerprint density at radius 2 is 1.70 bits per heavy atom. The van der Waals surface area contributed by atoms with Crippen molar-refractivity contribution < 1.29 is 0 Å². The molecule has 1 saturated heterocycles. The second-order valence-electron chi connectivity index (χ2n) is 7.19. The molecule has 0 aliphatic carbocycles. The first-order valence-corrected chi connectivity index (χ1v) is 10.6. The molecule has 1 aromatic carbocycles. The maximum Gasteiger partial charge on any atom is 0.227 e. The predicted molar refractivity (Wildman–Crippen MR) is 110 cm³/mol. The molecule has 27 heavy (non-hydrogen) atoms. The Morgan fingerprint density at radius 1 is 0.852 bits per heavy atom. The largest absolute Gasteiger partial charge is 0.351 e. The lowest BCUT2D eigenvalue weighted by molar-refractivity contribution is 0.567. The third-order valence-electron chi connectivity index (χ3n) is 5.34. The highest BCUT2D eigenvalue weighted by molar-refractivity contribution is 7.15. The van der Waals surface area contributed by atoms with Crippen LogP contribution < -0.4 is 9.80 Å². The van der Waals surface area contributed by atoms with E-state index in [1.165, 1.54) is 35.4 Å². The molecule has 138 valence electrons. The molecule has 0 atom stereocenters. The Labute approximate surface area is 163 Å². The molecule has 6 heteroatoms. The van der Waals surface area contributed by atoms with E-state index >= 15 is 0 Å². The Bertz CT molecular complexity index is 917. The molecule has 0 bridgehead atoms. The second kappa shape index (κ2) is 7.27. The summed E-state index contributed by atoms with van der Waals surface area (Å²) in [6.07, 6.45) is 6.68. The number of hydrogen-bond acceptors (Lipinski definition) is 6. The third-order valence-corrected chi connectivity index (χ3v) is 6.47. The van der Waals surface area contributed by atoms with Crippen LogP contribution in [0.25, 0.3) is 10.6 Å². The van der Waals surface area contributed by atoms with Gasteiger partial charge in [-0.15, -0.1) is 11.3 Å². The minimum absolute atomic E-state index is 0.882. The molecule has 0 radical (unpaired) electrons. The molecule has 5 nitrogen and oxygen atoms in total. The fourth-order valence-electron chi connectivity index (χ4n) is 3.86. The average molecular weight is 378 g/mol. The van der Waals surface area contributed by atoms with E-state index in [4.69, 9.17) is 9.97 Å². The first-order chi connectivity index (χ1) is 13.4. The van der Waals surface area contributed by atoms with Gasteiger partial charge < -0.3 is 9.80 Å². The molecule has 0 saturated carbocycles. The van der Waals surface area contributed by atoms with Crippen LogP contribution in [0.2, 0.25) is 0 Å². The topological polar surface area (TPSA) is 45.2 Å². The molecule has 2 aliphatic heterocycles. The van der Waals surface area contributed by atoms with Gasteiger partial charge in [0.25, 0.3) is 0 Å². The monoisotopic (exact) mass is 377 g/mol. The molecule has 0 spiro atoms. The Hall–Kier alpha value is -2.47. The number of fused-ring (bicyclic) bond motifs is 1. The number of anilines is 2. The average Bonchev–Trinajstić information content (AvgIpc) is 3.19. The summed E-state index contributed by atoms with van der Waals surface area (Å²) >= 11 is 1.81. The van der Waals surface area contributed by atoms with Crippen LogP contribution in [0.4, 0.5) is 11.8 Å². The van der Waals surface area contributed by atoms with Gasteiger partial charge in [0.2, 0.25) is 5.95 Å². The van der Waals surface area contributed by atoms with E-state index < -0.39 is 0 Å². The molecule has 5 rings (SSSR count). The van der Waals surface area contributed by atoms with Gasteiger partial charge in [-0.2, -0.15) is 4.98 Å². The molecular formula is C21H23N5S. The Morgan fingerprint density at radius 3 is 2.56 bits per heavy atom. The standard InChI is InChI=1S/C21H23N5S/c1-3-7-16(8-4-1)20-23-17-10-14-26(15-18(17)27-20)19-9-11-22-21(24-19)25-12-5-2-6-13-25/h1,3-4,7-9,11H,2,5-6,10,12-15H2. The summed E-state index contributed by atoms with van der Waals surface area (Å²) in [5, 5.41) is 1.12. The van der Waals surface area contributed by atoms with E-state index in [0.717, 1.165) is 49.4 Å². The van der Waals surface area contributed by atoms with Crippen molar-refractivity contribution in [1.82, 2.24) is 15.0 Å². The van der Waals surface area contributed by atoms with Crippen LogP contribution in [-0.2, 0) is 13.0 Å². The molecule has 0 amide bonds. The lowest BCUT2D eigenvalue weighted by Crippen LogP contribution is -2.33. The van der Waals surface area contributed by atoms with Crippen LogP contribution in [0.15, 0.2) is 42.6 Å². The summed E-state index contributed by atoms with van der Waals surface area (Å²) in [7, 11) is 0. The number of aromatic nitrogens is 3. The normalized spacial score (nSPS) is 17.0. The lowest BCUT2D eigenvalue weighted by atomic mass is 10.1. The maximum atomic E-state index is 4.89. The number of thiazole rings is 1. The van der Waals surface area contributed by atoms with Gasteiger partial charge >= 0.3 is 0 Å². The van der Waals surface area contributed by atoms with Crippen LogP contribution in [-0.4, -0.2) is 34.6 Å².